The Morgan fingerprint density at radius 3 is 2.53 bits per heavy atom. The molecule has 7 nitrogen and oxygen atoms in total. The Morgan fingerprint density at radius 2 is 1.86 bits per heavy atom. The molecule has 0 unspecified atom stereocenters. The fourth-order valence-corrected chi connectivity index (χ4v) is 4.15. The Bertz CT molecular complexity index is 1200. The smallest absolute Gasteiger partial charge is 0.340 e. The number of alkyl halides is 2. The summed E-state index contributed by atoms with van der Waals surface area (Å²) in [5, 5.41) is 2.85. The number of methoxy groups -OCH3 is 1. The molecule has 1 aromatic heterocycles. The molecule has 3 aromatic rings. The monoisotopic (exact) mass is 496 g/mol. The Hall–Kier alpha value is -3.88. The van der Waals surface area contributed by atoms with Crippen LogP contribution in [0.3, 0.4) is 0 Å². The molecule has 3 heterocycles. The van der Waals surface area contributed by atoms with Crippen LogP contribution in [-0.2, 0) is 11.2 Å². The van der Waals surface area contributed by atoms with Gasteiger partial charge < -0.3 is 24.6 Å². The van der Waals surface area contributed by atoms with E-state index < -0.39 is 5.92 Å². The lowest BCUT2D eigenvalue weighted by atomic mass is 10.1. The lowest BCUT2D eigenvalue weighted by Gasteiger charge is -2.40. The number of aromatic nitrogens is 1. The van der Waals surface area contributed by atoms with Gasteiger partial charge in [0.2, 0.25) is 0 Å². The number of halogens is 2. The molecule has 0 saturated carbocycles. The van der Waals surface area contributed by atoms with Crippen LogP contribution in [0, 0.1) is 0 Å². The van der Waals surface area contributed by atoms with Gasteiger partial charge in [0, 0.05) is 43.4 Å². The van der Waals surface area contributed by atoms with Crippen LogP contribution in [0.25, 0.3) is 0 Å². The maximum Gasteiger partial charge on any atom is 0.340 e. The summed E-state index contributed by atoms with van der Waals surface area (Å²) in [6.45, 7) is 0.393. The van der Waals surface area contributed by atoms with E-state index in [1.54, 1.807) is 30.4 Å². The van der Waals surface area contributed by atoms with Crippen molar-refractivity contribution >= 4 is 28.7 Å². The second-order valence-corrected chi connectivity index (χ2v) is 8.69. The molecule has 0 atom stereocenters. The van der Waals surface area contributed by atoms with Crippen LogP contribution in [0.4, 0.5) is 31.5 Å². The van der Waals surface area contributed by atoms with E-state index in [4.69, 9.17) is 4.74 Å². The molecule has 0 bridgehead atoms. The van der Waals surface area contributed by atoms with Gasteiger partial charge >= 0.3 is 5.97 Å². The number of carbonyl (C=O) groups excluding carboxylic acids is 1. The van der Waals surface area contributed by atoms with Crippen molar-refractivity contribution in [2.45, 2.75) is 18.8 Å². The normalized spacial score (nSPS) is 15.3. The first-order chi connectivity index (χ1) is 17.3. The highest BCUT2D eigenvalue weighted by atomic mass is 19.3. The van der Waals surface area contributed by atoms with Crippen molar-refractivity contribution in [2.24, 2.45) is 0 Å². The highest BCUT2D eigenvalue weighted by Crippen LogP contribution is 2.35. The Balaban J connectivity index is 0.000000214. The highest BCUT2D eigenvalue weighted by molar-refractivity contribution is 5.95. The number of nitrogens with one attached hydrogen (secondary N) is 1. The zero-order chi connectivity index (χ0) is 25.7. The van der Waals surface area contributed by atoms with Crippen LogP contribution in [0.15, 0.2) is 60.9 Å². The predicted octanol–water partition coefficient (Wildman–Crippen LogP) is 5.14. The number of pyridine rings is 1. The zero-order valence-electron chi connectivity index (χ0n) is 20.6. The van der Waals surface area contributed by atoms with Crippen molar-refractivity contribution in [2.75, 3.05) is 56.0 Å². The maximum atomic E-state index is 13.0. The van der Waals surface area contributed by atoms with Crippen LogP contribution in [0.1, 0.15) is 22.3 Å². The third-order valence-electron chi connectivity index (χ3n) is 6.23. The van der Waals surface area contributed by atoms with Gasteiger partial charge in [0.25, 0.3) is 5.92 Å². The summed E-state index contributed by atoms with van der Waals surface area (Å²) in [4.78, 5) is 18.7. The number of rotatable bonds is 5. The van der Waals surface area contributed by atoms with Gasteiger partial charge in [-0.05, 0) is 54.8 Å². The Morgan fingerprint density at radius 1 is 1.14 bits per heavy atom. The van der Waals surface area contributed by atoms with Gasteiger partial charge in [-0.15, -0.1) is 0 Å². The third kappa shape index (κ3) is 5.67. The molecule has 0 aliphatic carbocycles. The number of esters is 1. The minimum absolute atomic E-state index is 0.190. The molecule has 1 N–H and O–H groups in total. The molecule has 2 aliphatic rings. The fraction of sp³-hybridized carbons (Fsp3) is 0.333. The van der Waals surface area contributed by atoms with E-state index in [0.717, 1.165) is 42.3 Å². The van der Waals surface area contributed by atoms with E-state index in [-0.39, 0.29) is 19.1 Å². The molecule has 5 rings (SSSR count). The molecule has 2 aromatic carbocycles. The molecule has 1 saturated heterocycles. The number of fused-ring (bicyclic) bond motifs is 1. The van der Waals surface area contributed by atoms with Crippen molar-refractivity contribution in [3.8, 4) is 5.75 Å². The number of nitrogens with zero attached hydrogens (tertiary/aromatic N) is 3. The van der Waals surface area contributed by atoms with Crippen LogP contribution in [-0.4, -0.2) is 57.8 Å². The number of aryl methyl sites for hydroxylation is 1. The topological polar surface area (TPSA) is 66.9 Å². The Labute approximate surface area is 209 Å². The molecule has 0 amide bonds. The van der Waals surface area contributed by atoms with Crippen molar-refractivity contribution in [1.29, 1.82) is 0 Å². The second-order valence-electron chi connectivity index (χ2n) is 8.69. The summed E-state index contributed by atoms with van der Waals surface area (Å²) >= 11 is 0. The number of carbonyl (C=O) groups is 1. The standard InChI is InChI=1S/C19H20F2N2O.C8H10N2O2/c1-22(17-5-4-14-3-2-10-24-18(14)11-17)15-6-8-16(9-7-15)23-12-19(20,21)13-23;1-9-7-5-10-4-3-6(7)8(11)12-2/h4-9,11H,2-3,10,12-13H2,1H3;3-5,9H,1-2H3. The van der Waals surface area contributed by atoms with Crippen LogP contribution in [0.2, 0.25) is 0 Å². The first kappa shape index (κ1) is 25.2. The van der Waals surface area contributed by atoms with Crippen molar-refractivity contribution in [1.82, 2.24) is 4.98 Å². The summed E-state index contributed by atoms with van der Waals surface area (Å²) in [6, 6.07) is 15.6. The maximum absolute atomic E-state index is 13.0. The van der Waals surface area contributed by atoms with E-state index in [9.17, 15) is 13.6 Å². The molecule has 1 fully saturated rings. The Kier molecular flexibility index (Phi) is 7.57. The summed E-state index contributed by atoms with van der Waals surface area (Å²) in [5.74, 6) is -1.94. The van der Waals surface area contributed by atoms with E-state index in [1.165, 1.54) is 12.7 Å². The SMILES string of the molecule is CN(c1ccc(N2CC(F)(F)C2)cc1)c1ccc2c(c1)OCCC2.CNc1cnccc1C(=O)OC. The largest absolute Gasteiger partial charge is 0.493 e. The molecular weight excluding hydrogens is 466 g/mol. The summed E-state index contributed by atoms with van der Waals surface area (Å²) in [7, 11) is 5.07. The van der Waals surface area contributed by atoms with Crippen LogP contribution in [0.5, 0.6) is 5.75 Å². The second kappa shape index (κ2) is 10.8. The molecule has 0 radical (unpaired) electrons. The lowest BCUT2D eigenvalue weighted by molar-refractivity contribution is -0.0262. The molecule has 190 valence electrons. The molecule has 0 spiro atoms. The number of hydrogen-bond donors (Lipinski definition) is 1. The average molecular weight is 497 g/mol. The van der Waals surface area contributed by atoms with Crippen molar-refractivity contribution < 1.29 is 23.0 Å². The first-order valence-corrected chi connectivity index (χ1v) is 11.7. The molecule has 9 heteroatoms. The summed E-state index contributed by atoms with van der Waals surface area (Å²) in [5.41, 5.74) is 5.33. The minimum Gasteiger partial charge on any atom is -0.493 e. The van der Waals surface area contributed by atoms with Crippen LogP contribution < -0.4 is 19.9 Å². The van der Waals surface area contributed by atoms with E-state index in [0.29, 0.717) is 11.3 Å². The van der Waals surface area contributed by atoms with E-state index in [1.807, 2.05) is 31.3 Å². The van der Waals surface area contributed by atoms with Gasteiger partial charge in [0.15, 0.2) is 0 Å². The van der Waals surface area contributed by atoms with Gasteiger partial charge in [0.05, 0.1) is 44.3 Å². The number of ether oxygens (including phenoxy) is 2. The summed E-state index contributed by atoms with van der Waals surface area (Å²) in [6.07, 6.45) is 5.26. The fourth-order valence-electron chi connectivity index (χ4n) is 4.15. The molecule has 36 heavy (non-hydrogen) atoms. The van der Waals surface area contributed by atoms with Gasteiger partial charge in [-0.1, -0.05) is 6.07 Å². The predicted molar refractivity (Wildman–Crippen MR) is 137 cm³/mol. The number of anilines is 4. The van der Waals surface area contributed by atoms with Crippen molar-refractivity contribution in [3.05, 3.63) is 72.1 Å². The van der Waals surface area contributed by atoms with Gasteiger partial charge in [-0.2, -0.15) is 0 Å². The van der Waals surface area contributed by atoms with Gasteiger partial charge in [0.1, 0.15) is 5.75 Å². The van der Waals surface area contributed by atoms with Crippen LogP contribution >= 0.6 is 0 Å². The number of hydrogen-bond acceptors (Lipinski definition) is 7. The summed E-state index contributed by atoms with van der Waals surface area (Å²) < 4.78 is 36.3. The van der Waals surface area contributed by atoms with E-state index >= 15 is 0 Å². The molecule has 2 aliphatic heterocycles. The minimum atomic E-state index is -2.54. The van der Waals surface area contributed by atoms with Gasteiger partial charge in [-0.3, -0.25) is 4.98 Å². The quantitative estimate of drug-likeness (QED) is 0.491. The average Bonchev–Trinajstić information content (AvgIpc) is 2.91. The van der Waals surface area contributed by atoms with E-state index in [2.05, 4.69) is 38.1 Å². The zero-order valence-corrected chi connectivity index (χ0v) is 20.6. The first-order valence-electron chi connectivity index (χ1n) is 11.7. The third-order valence-corrected chi connectivity index (χ3v) is 6.23. The highest BCUT2D eigenvalue weighted by Gasteiger charge is 2.43. The van der Waals surface area contributed by atoms with Crippen molar-refractivity contribution in [3.63, 3.8) is 0 Å². The number of benzene rings is 2. The lowest BCUT2D eigenvalue weighted by Crippen LogP contribution is -2.56. The van der Waals surface area contributed by atoms with Gasteiger partial charge in [-0.25, -0.2) is 13.6 Å². The molecular formula is C27H30F2N4O3.